The van der Waals surface area contributed by atoms with Crippen LogP contribution in [0.3, 0.4) is 0 Å². The summed E-state index contributed by atoms with van der Waals surface area (Å²) in [6.45, 7) is 4.25. The first kappa shape index (κ1) is 14.8. The number of nitrogens with one attached hydrogen (secondary N) is 1. The Bertz CT molecular complexity index is 486. The summed E-state index contributed by atoms with van der Waals surface area (Å²) in [6, 6.07) is 2.07. The zero-order valence-electron chi connectivity index (χ0n) is 12.4. The Kier molecular flexibility index (Phi) is 4.99. The summed E-state index contributed by atoms with van der Waals surface area (Å²) in [5, 5.41) is 12.7. The fraction of sp³-hybridized carbons (Fsp3) is 0.625. The highest BCUT2D eigenvalue weighted by atomic mass is 16.4. The van der Waals surface area contributed by atoms with Crippen molar-refractivity contribution in [1.82, 2.24) is 4.98 Å². The summed E-state index contributed by atoms with van der Waals surface area (Å²) >= 11 is 0. The third kappa shape index (κ3) is 3.50. The molecule has 1 heterocycles. The Hall–Kier alpha value is -1.58. The molecule has 1 unspecified atom stereocenters. The van der Waals surface area contributed by atoms with Crippen molar-refractivity contribution in [1.29, 1.82) is 0 Å². The molecule has 0 spiro atoms. The van der Waals surface area contributed by atoms with E-state index in [0.717, 1.165) is 56.2 Å². The Morgan fingerprint density at radius 2 is 2.20 bits per heavy atom. The van der Waals surface area contributed by atoms with Crippen LogP contribution in [-0.2, 0) is 12.8 Å². The van der Waals surface area contributed by atoms with Gasteiger partial charge < -0.3 is 10.4 Å². The smallest absolute Gasteiger partial charge is 0.339 e. The zero-order chi connectivity index (χ0) is 14.5. The maximum atomic E-state index is 11.4. The van der Waals surface area contributed by atoms with Gasteiger partial charge in [-0.3, -0.25) is 0 Å². The molecule has 2 N–H and O–H groups in total. The minimum atomic E-state index is -0.893. The van der Waals surface area contributed by atoms with E-state index in [1.54, 1.807) is 0 Å². The Balaban J connectivity index is 2.23. The topological polar surface area (TPSA) is 62.2 Å². The summed E-state index contributed by atoms with van der Waals surface area (Å²) in [4.78, 5) is 16.0. The molecule has 0 amide bonds. The summed E-state index contributed by atoms with van der Waals surface area (Å²) in [6.07, 6.45) is 7.53. The van der Waals surface area contributed by atoms with Gasteiger partial charge in [-0.15, -0.1) is 0 Å². The van der Waals surface area contributed by atoms with Crippen LogP contribution in [0.5, 0.6) is 0 Å². The van der Waals surface area contributed by atoms with E-state index in [1.165, 1.54) is 0 Å². The van der Waals surface area contributed by atoms with Crippen molar-refractivity contribution in [3.8, 4) is 0 Å². The number of carboxylic acid groups (broad SMARTS) is 1. The number of hydrogen-bond acceptors (Lipinski definition) is 3. The number of aryl methyl sites for hydroxylation is 2. The third-order valence-corrected chi connectivity index (χ3v) is 3.91. The Morgan fingerprint density at radius 1 is 1.45 bits per heavy atom. The van der Waals surface area contributed by atoms with Crippen molar-refractivity contribution >= 4 is 11.8 Å². The minimum absolute atomic E-state index is 0.252. The van der Waals surface area contributed by atoms with E-state index in [1.807, 2.05) is 6.07 Å². The van der Waals surface area contributed by atoms with Crippen LogP contribution < -0.4 is 5.32 Å². The van der Waals surface area contributed by atoms with E-state index in [0.29, 0.717) is 11.4 Å². The van der Waals surface area contributed by atoms with Crippen molar-refractivity contribution in [2.45, 2.75) is 64.8 Å². The molecule has 1 aliphatic rings. The molecule has 0 fully saturated rings. The van der Waals surface area contributed by atoms with Gasteiger partial charge in [0.05, 0.1) is 0 Å². The van der Waals surface area contributed by atoms with E-state index >= 15 is 0 Å². The molecule has 2 rings (SSSR count). The van der Waals surface area contributed by atoms with Gasteiger partial charge in [-0.05, 0) is 50.7 Å². The van der Waals surface area contributed by atoms with Crippen molar-refractivity contribution in [3.05, 3.63) is 22.9 Å². The first-order chi connectivity index (χ1) is 9.61. The number of hydrogen-bond donors (Lipinski definition) is 2. The standard InChI is InChI=1S/C16H24N2O2/c1-3-4-7-11(2)17-15-13(16(19)20)10-12-8-5-6-9-14(12)18-15/h10-11H,3-9H2,1-2H3,(H,17,18)(H,19,20). The van der Waals surface area contributed by atoms with Gasteiger partial charge in [-0.2, -0.15) is 0 Å². The molecule has 0 aliphatic heterocycles. The van der Waals surface area contributed by atoms with Crippen LogP contribution in [0.4, 0.5) is 5.82 Å². The average Bonchev–Trinajstić information content (AvgIpc) is 2.44. The average molecular weight is 276 g/mol. The fourth-order valence-corrected chi connectivity index (χ4v) is 2.72. The van der Waals surface area contributed by atoms with Gasteiger partial charge in [-0.25, -0.2) is 9.78 Å². The summed E-state index contributed by atoms with van der Waals surface area (Å²) in [5.41, 5.74) is 2.50. The second-order valence-electron chi connectivity index (χ2n) is 5.69. The van der Waals surface area contributed by atoms with Crippen LogP contribution in [0, 0.1) is 0 Å². The summed E-state index contributed by atoms with van der Waals surface area (Å²) in [5.74, 6) is -0.349. The highest BCUT2D eigenvalue weighted by Crippen LogP contribution is 2.25. The third-order valence-electron chi connectivity index (χ3n) is 3.91. The first-order valence-corrected chi connectivity index (χ1v) is 7.64. The molecule has 0 radical (unpaired) electrons. The number of aromatic carboxylic acids is 1. The van der Waals surface area contributed by atoms with E-state index in [9.17, 15) is 9.90 Å². The molecule has 0 saturated heterocycles. The van der Waals surface area contributed by atoms with Gasteiger partial charge >= 0.3 is 5.97 Å². The molecular weight excluding hydrogens is 252 g/mol. The molecule has 1 aromatic rings. The maximum Gasteiger partial charge on any atom is 0.339 e. The molecular formula is C16H24N2O2. The predicted octanol–water partition coefficient (Wildman–Crippen LogP) is 3.65. The Morgan fingerprint density at radius 3 is 2.90 bits per heavy atom. The molecule has 0 saturated carbocycles. The van der Waals surface area contributed by atoms with E-state index < -0.39 is 5.97 Å². The highest BCUT2D eigenvalue weighted by Gasteiger charge is 2.19. The first-order valence-electron chi connectivity index (χ1n) is 7.64. The number of rotatable bonds is 6. The normalized spacial score (nSPS) is 15.5. The summed E-state index contributed by atoms with van der Waals surface area (Å²) in [7, 11) is 0. The lowest BCUT2D eigenvalue weighted by atomic mass is 9.94. The predicted molar refractivity (Wildman–Crippen MR) is 80.4 cm³/mol. The van der Waals surface area contributed by atoms with Crippen molar-refractivity contribution in [2.75, 3.05) is 5.32 Å². The molecule has 110 valence electrons. The van der Waals surface area contributed by atoms with Gasteiger partial charge in [0.1, 0.15) is 11.4 Å². The molecule has 1 aromatic heterocycles. The second kappa shape index (κ2) is 6.73. The monoisotopic (exact) mass is 276 g/mol. The number of unbranched alkanes of at least 4 members (excludes halogenated alkanes) is 1. The van der Waals surface area contributed by atoms with Gasteiger partial charge in [0.25, 0.3) is 0 Å². The number of aromatic nitrogens is 1. The molecule has 1 atom stereocenters. The highest BCUT2D eigenvalue weighted by molar-refractivity contribution is 5.93. The molecule has 0 aromatic carbocycles. The number of anilines is 1. The number of nitrogens with zero attached hydrogens (tertiary/aromatic N) is 1. The van der Waals surface area contributed by atoms with E-state index in [4.69, 9.17) is 0 Å². The lowest BCUT2D eigenvalue weighted by molar-refractivity contribution is 0.0697. The SMILES string of the molecule is CCCCC(C)Nc1nc2c(cc1C(=O)O)CCCC2. The minimum Gasteiger partial charge on any atom is -0.478 e. The largest absolute Gasteiger partial charge is 0.478 e. The molecule has 20 heavy (non-hydrogen) atoms. The van der Waals surface area contributed by atoms with Crippen LogP contribution in [0.15, 0.2) is 6.07 Å². The molecule has 4 heteroatoms. The number of fused-ring (bicyclic) bond motifs is 1. The lowest BCUT2D eigenvalue weighted by Crippen LogP contribution is -2.20. The van der Waals surface area contributed by atoms with Crippen LogP contribution in [-0.4, -0.2) is 22.1 Å². The van der Waals surface area contributed by atoms with Gasteiger partial charge in [0.2, 0.25) is 0 Å². The lowest BCUT2D eigenvalue weighted by Gasteiger charge is -2.20. The van der Waals surface area contributed by atoms with Crippen molar-refractivity contribution in [3.63, 3.8) is 0 Å². The van der Waals surface area contributed by atoms with E-state index in [-0.39, 0.29) is 6.04 Å². The second-order valence-corrected chi connectivity index (χ2v) is 5.69. The van der Waals surface area contributed by atoms with Crippen LogP contribution >= 0.6 is 0 Å². The molecule has 0 bridgehead atoms. The van der Waals surface area contributed by atoms with Crippen molar-refractivity contribution in [2.24, 2.45) is 0 Å². The van der Waals surface area contributed by atoms with Crippen LogP contribution in [0.1, 0.15) is 67.6 Å². The number of pyridine rings is 1. The fourth-order valence-electron chi connectivity index (χ4n) is 2.72. The van der Waals surface area contributed by atoms with E-state index in [2.05, 4.69) is 24.1 Å². The van der Waals surface area contributed by atoms with Gasteiger partial charge in [-0.1, -0.05) is 19.8 Å². The van der Waals surface area contributed by atoms with Gasteiger partial charge in [0.15, 0.2) is 0 Å². The maximum absolute atomic E-state index is 11.4. The number of carbonyl (C=O) groups is 1. The zero-order valence-corrected chi connectivity index (χ0v) is 12.4. The number of carboxylic acids is 1. The molecule has 1 aliphatic carbocycles. The van der Waals surface area contributed by atoms with Gasteiger partial charge in [0, 0.05) is 11.7 Å². The van der Waals surface area contributed by atoms with Crippen LogP contribution in [0.25, 0.3) is 0 Å². The van der Waals surface area contributed by atoms with Crippen LogP contribution in [0.2, 0.25) is 0 Å². The van der Waals surface area contributed by atoms with Crippen molar-refractivity contribution < 1.29 is 9.90 Å². The quantitative estimate of drug-likeness (QED) is 0.832. The molecule has 4 nitrogen and oxygen atoms in total. The summed E-state index contributed by atoms with van der Waals surface area (Å²) < 4.78 is 0. The Labute approximate surface area is 120 Å².